The summed E-state index contributed by atoms with van der Waals surface area (Å²) in [7, 11) is 0. The molecular formula is C18H16N4. The lowest BCUT2D eigenvalue weighted by atomic mass is 10.1. The van der Waals surface area contributed by atoms with Crippen molar-refractivity contribution in [3.05, 3.63) is 66.1 Å². The van der Waals surface area contributed by atoms with Crippen molar-refractivity contribution in [3.63, 3.8) is 0 Å². The molecule has 0 atom stereocenters. The van der Waals surface area contributed by atoms with Crippen LogP contribution in [0.3, 0.4) is 0 Å². The maximum absolute atomic E-state index is 4.57. The minimum absolute atomic E-state index is 0.954. The highest BCUT2D eigenvalue weighted by Crippen LogP contribution is 2.26. The lowest BCUT2D eigenvalue weighted by Gasteiger charge is -2.06. The second kappa shape index (κ2) is 4.84. The van der Waals surface area contributed by atoms with Gasteiger partial charge in [0.2, 0.25) is 0 Å². The van der Waals surface area contributed by atoms with Crippen LogP contribution in [0.15, 0.2) is 54.9 Å². The molecule has 0 aliphatic heterocycles. The van der Waals surface area contributed by atoms with Crippen LogP contribution in [0.2, 0.25) is 0 Å². The summed E-state index contributed by atoms with van der Waals surface area (Å²) in [6, 6.07) is 14.5. The number of pyridine rings is 1. The standard InChI is InChI=1S/C18H16N4/c1-12-8-15(16-9-13(2)20-21-16)11-22-17(10-19-18(12)22)14-6-4-3-5-7-14/h3-11H,1-2H3,(H,20,21). The number of hydrogen-bond donors (Lipinski definition) is 1. The van der Waals surface area contributed by atoms with Gasteiger partial charge in [0.1, 0.15) is 5.65 Å². The number of rotatable bonds is 2. The van der Waals surface area contributed by atoms with E-state index in [4.69, 9.17) is 0 Å². The molecule has 3 aromatic heterocycles. The van der Waals surface area contributed by atoms with Crippen molar-refractivity contribution in [1.82, 2.24) is 19.6 Å². The molecule has 108 valence electrons. The van der Waals surface area contributed by atoms with Crippen molar-refractivity contribution in [2.45, 2.75) is 13.8 Å². The first-order valence-electron chi connectivity index (χ1n) is 7.28. The average Bonchev–Trinajstić information content (AvgIpc) is 3.14. The maximum Gasteiger partial charge on any atom is 0.140 e. The first kappa shape index (κ1) is 12.8. The number of hydrogen-bond acceptors (Lipinski definition) is 2. The van der Waals surface area contributed by atoms with Gasteiger partial charge in [-0.05, 0) is 31.5 Å². The Bertz CT molecular complexity index is 948. The van der Waals surface area contributed by atoms with Gasteiger partial charge in [0, 0.05) is 23.0 Å². The molecule has 1 aromatic carbocycles. The van der Waals surface area contributed by atoms with Crippen LogP contribution in [0.25, 0.3) is 28.2 Å². The Morgan fingerprint density at radius 1 is 1.00 bits per heavy atom. The van der Waals surface area contributed by atoms with Crippen molar-refractivity contribution in [2.75, 3.05) is 0 Å². The fraction of sp³-hybridized carbons (Fsp3) is 0.111. The second-order valence-corrected chi connectivity index (χ2v) is 5.55. The van der Waals surface area contributed by atoms with Gasteiger partial charge < -0.3 is 0 Å². The van der Waals surface area contributed by atoms with Crippen molar-refractivity contribution in [3.8, 4) is 22.5 Å². The fourth-order valence-electron chi connectivity index (χ4n) is 2.79. The summed E-state index contributed by atoms with van der Waals surface area (Å²) in [5.41, 5.74) is 7.47. The molecule has 0 saturated carbocycles. The zero-order valence-electron chi connectivity index (χ0n) is 12.5. The van der Waals surface area contributed by atoms with E-state index < -0.39 is 0 Å². The van der Waals surface area contributed by atoms with Crippen LogP contribution in [0.1, 0.15) is 11.3 Å². The highest BCUT2D eigenvalue weighted by molar-refractivity contribution is 5.70. The average molecular weight is 288 g/mol. The van der Waals surface area contributed by atoms with E-state index in [1.807, 2.05) is 31.3 Å². The summed E-state index contributed by atoms with van der Waals surface area (Å²) in [5, 5.41) is 7.36. The van der Waals surface area contributed by atoms with Gasteiger partial charge in [-0.3, -0.25) is 9.50 Å². The monoisotopic (exact) mass is 288 g/mol. The van der Waals surface area contributed by atoms with E-state index in [0.717, 1.165) is 39.4 Å². The van der Waals surface area contributed by atoms with Crippen LogP contribution >= 0.6 is 0 Å². The molecule has 0 aliphatic rings. The van der Waals surface area contributed by atoms with E-state index in [2.05, 4.69) is 57.0 Å². The number of aryl methyl sites for hydroxylation is 2. The summed E-state index contributed by atoms with van der Waals surface area (Å²) in [5.74, 6) is 0. The van der Waals surface area contributed by atoms with E-state index in [1.165, 1.54) is 0 Å². The van der Waals surface area contributed by atoms with E-state index in [1.54, 1.807) is 0 Å². The van der Waals surface area contributed by atoms with Gasteiger partial charge in [0.25, 0.3) is 0 Å². The van der Waals surface area contributed by atoms with Gasteiger partial charge in [-0.25, -0.2) is 4.98 Å². The quantitative estimate of drug-likeness (QED) is 0.606. The Kier molecular flexibility index (Phi) is 2.82. The summed E-state index contributed by atoms with van der Waals surface area (Å²) >= 11 is 0. The minimum atomic E-state index is 0.954. The number of H-pyrrole nitrogens is 1. The zero-order chi connectivity index (χ0) is 15.1. The van der Waals surface area contributed by atoms with Crippen molar-refractivity contribution < 1.29 is 0 Å². The van der Waals surface area contributed by atoms with Gasteiger partial charge in [-0.1, -0.05) is 30.3 Å². The van der Waals surface area contributed by atoms with E-state index in [0.29, 0.717) is 0 Å². The SMILES string of the molecule is Cc1cc(-c2cc(C)c3ncc(-c4ccccc4)n3c2)n[nH]1. The molecule has 1 N–H and O–H groups in total. The Labute approximate surface area is 128 Å². The lowest BCUT2D eigenvalue weighted by Crippen LogP contribution is -1.93. The molecule has 0 aliphatic carbocycles. The highest BCUT2D eigenvalue weighted by atomic mass is 15.1. The van der Waals surface area contributed by atoms with Gasteiger partial charge in [0.15, 0.2) is 0 Å². The Balaban J connectivity index is 1.96. The molecule has 0 radical (unpaired) electrons. The number of fused-ring (bicyclic) bond motifs is 1. The summed E-state index contributed by atoms with van der Waals surface area (Å²) < 4.78 is 2.14. The number of aromatic nitrogens is 4. The van der Waals surface area contributed by atoms with Crippen LogP contribution in [-0.2, 0) is 0 Å². The smallest absolute Gasteiger partial charge is 0.140 e. The Hall–Kier alpha value is -2.88. The number of imidazole rings is 1. The molecule has 0 amide bonds. The third-order valence-corrected chi connectivity index (χ3v) is 3.86. The molecule has 4 aromatic rings. The number of nitrogens with one attached hydrogen (secondary N) is 1. The minimum Gasteiger partial charge on any atom is -0.299 e. The number of nitrogens with zero attached hydrogens (tertiary/aromatic N) is 3. The van der Waals surface area contributed by atoms with Gasteiger partial charge in [-0.15, -0.1) is 0 Å². The molecule has 4 heteroatoms. The first-order chi connectivity index (χ1) is 10.7. The largest absolute Gasteiger partial charge is 0.299 e. The van der Waals surface area contributed by atoms with E-state index in [-0.39, 0.29) is 0 Å². The number of aromatic amines is 1. The first-order valence-corrected chi connectivity index (χ1v) is 7.28. The maximum atomic E-state index is 4.57. The zero-order valence-corrected chi connectivity index (χ0v) is 12.5. The molecular weight excluding hydrogens is 272 g/mol. The molecule has 0 fully saturated rings. The molecule has 22 heavy (non-hydrogen) atoms. The van der Waals surface area contributed by atoms with Crippen LogP contribution in [0.5, 0.6) is 0 Å². The predicted molar refractivity (Wildman–Crippen MR) is 87.7 cm³/mol. The van der Waals surface area contributed by atoms with Crippen LogP contribution < -0.4 is 0 Å². The van der Waals surface area contributed by atoms with Crippen LogP contribution in [-0.4, -0.2) is 19.6 Å². The van der Waals surface area contributed by atoms with E-state index in [9.17, 15) is 0 Å². The molecule has 0 saturated heterocycles. The molecule has 0 bridgehead atoms. The van der Waals surface area contributed by atoms with Gasteiger partial charge in [-0.2, -0.15) is 5.10 Å². The fourth-order valence-corrected chi connectivity index (χ4v) is 2.79. The topological polar surface area (TPSA) is 46.0 Å². The second-order valence-electron chi connectivity index (χ2n) is 5.55. The molecule has 0 unspecified atom stereocenters. The lowest BCUT2D eigenvalue weighted by molar-refractivity contribution is 1.05. The van der Waals surface area contributed by atoms with Gasteiger partial charge in [0.05, 0.1) is 17.6 Å². The van der Waals surface area contributed by atoms with Crippen molar-refractivity contribution >= 4 is 5.65 Å². The highest BCUT2D eigenvalue weighted by Gasteiger charge is 2.11. The number of benzene rings is 1. The summed E-state index contributed by atoms with van der Waals surface area (Å²) in [4.78, 5) is 4.57. The summed E-state index contributed by atoms with van der Waals surface area (Å²) in [6.45, 7) is 4.09. The Morgan fingerprint density at radius 3 is 2.55 bits per heavy atom. The van der Waals surface area contributed by atoms with Crippen LogP contribution in [0, 0.1) is 13.8 Å². The molecule has 0 spiro atoms. The van der Waals surface area contributed by atoms with Crippen LogP contribution in [0.4, 0.5) is 0 Å². The van der Waals surface area contributed by atoms with E-state index >= 15 is 0 Å². The normalized spacial score (nSPS) is 11.2. The molecule has 4 nitrogen and oxygen atoms in total. The summed E-state index contributed by atoms with van der Waals surface area (Å²) in [6.07, 6.45) is 4.03. The predicted octanol–water partition coefficient (Wildman–Crippen LogP) is 4.01. The third-order valence-electron chi connectivity index (χ3n) is 3.86. The molecule has 4 rings (SSSR count). The van der Waals surface area contributed by atoms with Crippen molar-refractivity contribution in [2.24, 2.45) is 0 Å². The van der Waals surface area contributed by atoms with Crippen molar-refractivity contribution in [1.29, 1.82) is 0 Å². The van der Waals surface area contributed by atoms with Gasteiger partial charge >= 0.3 is 0 Å². The Morgan fingerprint density at radius 2 is 1.82 bits per heavy atom. The third kappa shape index (κ3) is 2.00. The molecule has 3 heterocycles.